The summed E-state index contributed by atoms with van der Waals surface area (Å²) in [7, 11) is 0. The van der Waals surface area contributed by atoms with Gasteiger partial charge < -0.3 is 14.8 Å². The van der Waals surface area contributed by atoms with E-state index in [-0.39, 0.29) is 5.41 Å². The van der Waals surface area contributed by atoms with Gasteiger partial charge in [-0.25, -0.2) is 14.5 Å². The van der Waals surface area contributed by atoms with Crippen LogP contribution in [0.3, 0.4) is 0 Å². The third-order valence-corrected chi connectivity index (χ3v) is 5.52. The zero-order valence-corrected chi connectivity index (χ0v) is 19.4. The summed E-state index contributed by atoms with van der Waals surface area (Å²) in [5.74, 6) is 1.06. The van der Waals surface area contributed by atoms with Crippen molar-refractivity contribution >= 4 is 28.6 Å². The summed E-state index contributed by atoms with van der Waals surface area (Å²) >= 11 is 0. The predicted molar refractivity (Wildman–Crippen MR) is 131 cm³/mol. The number of pyridine rings is 1. The number of anilines is 2. The number of hydrogen-bond donors (Lipinski definition) is 3. The maximum atomic E-state index is 12.5. The summed E-state index contributed by atoms with van der Waals surface area (Å²) in [5, 5.41) is 15.1. The Bertz CT molecular complexity index is 1490. The second kappa shape index (κ2) is 8.18. The molecule has 4 aromatic heterocycles. The van der Waals surface area contributed by atoms with Crippen LogP contribution >= 0.6 is 0 Å². The first-order valence-corrected chi connectivity index (χ1v) is 10.9. The Hall–Kier alpha value is -4.40. The quantitative estimate of drug-likeness (QED) is 0.324. The molecule has 0 atom stereocenters. The van der Waals surface area contributed by atoms with Gasteiger partial charge in [-0.3, -0.25) is 5.32 Å². The van der Waals surface area contributed by atoms with Gasteiger partial charge in [0, 0.05) is 52.3 Å². The van der Waals surface area contributed by atoms with Crippen LogP contribution in [0.25, 0.3) is 27.8 Å². The summed E-state index contributed by atoms with van der Waals surface area (Å²) in [4.78, 5) is 20.1. The van der Waals surface area contributed by atoms with E-state index in [1.165, 1.54) is 0 Å². The molecule has 0 unspecified atom stereocenters. The van der Waals surface area contributed by atoms with E-state index < -0.39 is 6.03 Å². The van der Waals surface area contributed by atoms with Gasteiger partial charge in [-0.2, -0.15) is 5.10 Å². The Labute approximate surface area is 196 Å². The first kappa shape index (κ1) is 21.4. The van der Waals surface area contributed by atoms with E-state index in [2.05, 4.69) is 36.9 Å². The molecular formula is C25H25N7O2. The number of urea groups is 1. The number of amides is 2. The molecule has 0 aliphatic heterocycles. The Kier molecular flexibility index (Phi) is 5.16. The SMILES string of the molecule is Cc1ccc(NC(=O)Nc2cc(C(C)(C)C)on2)cc1-n1cc(-c2cnc3[nH]ccc3c2)cn1. The third kappa shape index (κ3) is 4.27. The molecule has 0 radical (unpaired) electrons. The molecule has 5 rings (SSSR count). The minimum atomic E-state index is -0.407. The number of hydrogen-bond acceptors (Lipinski definition) is 5. The van der Waals surface area contributed by atoms with Crippen molar-refractivity contribution in [3.63, 3.8) is 0 Å². The van der Waals surface area contributed by atoms with E-state index in [1.807, 2.05) is 70.6 Å². The minimum absolute atomic E-state index is 0.193. The van der Waals surface area contributed by atoms with Gasteiger partial charge in [0.2, 0.25) is 0 Å². The molecule has 2 amide bonds. The van der Waals surface area contributed by atoms with Crippen LogP contribution in [0.2, 0.25) is 0 Å². The van der Waals surface area contributed by atoms with Crippen LogP contribution < -0.4 is 10.6 Å². The highest BCUT2D eigenvalue weighted by atomic mass is 16.5. The summed E-state index contributed by atoms with van der Waals surface area (Å²) in [5.41, 5.74) is 5.09. The lowest BCUT2D eigenvalue weighted by Gasteiger charge is -2.12. The number of carbonyl (C=O) groups is 1. The summed E-state index contributed by atoms with van der Waals surface area (Å²) in [6.07, 6.45) is 7.45. The van der Waals surface area contributed by atoms with Gasteiger partial charge in [0.05, 0.1) is 11.9 Å². The zero-order chi connectivity index (χ0) is 23.9. The lowest BCUT2D eigenvalue weighted by molar-refractivity contribution is 0.262. The number of rotatable bonds is 4. The molecule has 172 valence electrons. The van der Waals surface area contributed by atoms with Gasteiger partial charge in [0.1, 0.15) is 11.4 Å². The second-order valence-electron chi connectivity index (χ2n) is 9.22. The third-order valence-electron chi connectivity index (χ3n) is 5.52. The smallest absolute Gasteiger partial charge is 0.324 e. The van der Waals surface area contributed by atoms with Crippen molar-refractivity contribution in [3.8, 4) is 16.8 Å². The molecule has 9 nitrogen and oxygen atoms in total. The maximum Gasteiger partial charge on any atom is 0.324 e. The molecule has 0 aliphatic rings. The van der Waals surface area contributed by atoms with E-state index in [0.29, 0.717) is 17.3 Å². The average molecular weight is 456 g/mol. The fraction of sp³-hybridized carbons (Fsp3) is 0.200. The van der Waals surface area contributed by atoms with Crippen LogP contribution in [0.5, 0.6) is 0 Å². The highest BCUT2D eigenvalue weighted by Crippen LogP contribution is 2.26. The molecule has 0 saturated carbocycles. The van der Waals surface area contributed by atoms with E-state index in [4.69, 9.17) is 4.52 Å². The Balaban J connectivity index is 1.34. The van der Waals surface area contributed by atoms with Crippen molar-refractivity contribution in [2.45, 2.75) is 33.1 Å². The van der Waals surface area contributed by atoms with Crippen molar-refractivity contribution < 1.29 is 9.32 Å². The van der Waals surface area contributed by atoms with Crippen molar-refractivity contribution in [3.05, 3.63) is 72.5 Å². The molecule has 0 fully saturated rings. The second-order valence-corrected chi connectivity index (χ2v) is 9.22. The molecule has 0 saturated heterocycles. The number of nitrogens with one attached hydrogen (secondary N) is 3. The van der Waals surface area contributed by atoms with Crippen molar-refractivity contribution in [1.82, 2.24) is 24.9 Å². The molecule has 0 aliphatic carbocycles. The monoisotopic (exact) mass is 455 g/mol. The van der Waals surface area contributed by atoms with Crippen molar-refractivity contribution in [1.29, 1.82) is 0 Å². The van der Waals surface area contributed by atoms with Crippen LogP contribution in [-0.4, -0.2) is 30.9 Å². The highest BCUT2D eigenvalue weighted by molar-refractivity contribution is 5.99. The minimum Gasteiger partial charge on any atom is -0.359 e. The van der Waals surface area contributed by atoms with Gasteiger partial charge in [-0.05, 0) is 36.8 Å². The van der Waals surface area contributed by atoms with Crippen molar-refractivity contribution in [2.24, 2.45) is 0 Å². The Morgan fingerprint density at radius 3 is 2.71 bits per heavy atom. The number of nitrogens with zero attached hydrogens (tertiary/aromatic N) is 4. The Morgan fingerprint density at radius 1 is 1.06 bits per heavy atom. The van der Waals surface area contributed by atoms with Gasteiger partial charge >= 0.3 is 6.03 Å². The van der Waals surface area contributed by atoms with Crippen LogP contribution in [0.1, 0.15) is 32.1 Å². The van der Waals surface area contributed by atoms with Crippen molar-refractivity contribution in [2.75, 3.05) is 10.6 Å². The predicted octanol–water partition coefficient (Wildman–Crippen LogP) is 5.65. The fourth-order valence-electron chi connectivity index (χ4n) is 3.60. The first-order chi connectivity index (χ1) is 16.3. The van der Waals surface area contributed by atoms with Crippen LogP contribution in [0.4, 0.5) is 16.3 Å². The molecule has 5 aromatic rings. The van der Waals surface area contributed by atoms with E-state index in [1.54, 1.807) is 16.9 Å². The number of H-pyrrole nitrogens is 1. The van der Waals surface area contributed by atoms with Gasteiger partial charge in [-0.15, -0.1) is 0 Å². The van der Waals surface area contributed by atoms with Crippen LogP contribution in [0, 0.1) is 6.92 Å². The number of carbonyl (C=O) groups excluding carboxylic acids is 1. The molecule has 34 heavy (non-hydrogen) atoms. The highest BCUT2D eigenvalue weighted by Gasteiger charge is 2.20. The fourth-order valence-corrected chi connectivity index (χ4v) is 3.60. The molecule has 0 bridgehead atoms. The lowest BCUT2D eigenvalue weighted by atomic mass is 9.93. The zero-order valence-electron chi connectivity index (χ0n) is 19.4. The Morgan fingerprint density at radius 2 is 1.91 bits per heavy atom. The van der Waals surface area contributed by atoms with Gasteiger partial charge in [0.15, 0.2) is 5.82 Å². The van der Waals surface area contributed by atoms with E-state index in [9.17, 15) is 4.79 Å². The van der Waals surface area contributed by atoms with Gasteiger partial charge in [-0.1, -0.05) is 32.0 Å². The van der Waals surface area contributed by atoms with E-state index in [0.717, 1.165) is 33.4 Å². The summed E-state index contributed by atoms with van der Waals surface area (Å²) < 4.78 is 7.11. The largest absolute Gasteiger partial charge is 0.359 e. The molecule has 0 spiro atoms. The molecule has 9 heteroatoms. The van der Waals surface area contributed by atoms with E-state index >= 15 is 0 Å². The lowest BCUT2D eigenvalue weighted by Crippen LogP contribution is -2.19. The van der Waals surface area contributed by atoms with Crippen LogP contribution in [0.15, 0.2) is 65.7 Å². The number of aromatic amines is 1. The topological polar surface area (TPSA) is 114 Å². The number of benzene rings is 1. The molecule has 3 N–H and O–H groups in total. The first-order valence-electron chi connectivity index (χ1n) is 10.9. The molecule has 1 aromatic carbocycles. The molecule has 4 heterocycles. The summed E-state index contributed by atoms with van der Waals surface area (Å²) in [6, 6.07) is 11.0. The number of aromatic nitrogens is 5. The maximum absolute atomic E-state index is 12.5. The summed E-state index contributed by atoms with van der Waals surface area (Å²) in [6.45, 7) is 8.04. The number of fused-ring (bicyclic) bond motifs is 1. The number of aryl methyl sites for hydroxylation is 1. The average Bonchev–Trinajstić information content (AvgIpc) is 3.54. The standard InChI is InChI=1S/C25H25N7O2/c1-15-5-6-19(29-24(33)30-22-11-21(34-31-22)25(2,3)4)10-20(15)32-14-18(13-28-32)17-9-16-7-8-26-23(16)27-12-17/h5-14H,1-4H3,(H,26,27)(H2,29,30,31,33). The normalized spacial score (nSPS) is 11.6. The van der Waals surface area contributed by atoms with Crippen LogP contribution in [-0.2, 0) is 5.41 Å². The molecular weight excluding hydrogens is 430 g/mol. The van der Waals surface area contributed by atoms with Gasteiger partial charge in [0.25, 0.3) is 0 Å².